The second-order valence-electron chi connectivity index (χ2n) is 23.8. The summed E-state index contributed by atoms with van der Waals surface area (Å²) in [6.07, 6.45) is -19.1. The summed E-state index contributed by atoms with van der Waals surface area (Å²) in [4.78, 5) is 0. The first-order valence-electron chi connectivity index (χ1n) is 24.6. The topological polar surface area (TPSA) is 298 Å². The van der Waals surface area contributed by atoms with Crippen LogP contribution in [-0.2, 0) is 28.4 Å². The van der Waals surface area contributed by atoms with Crippen molar-refractivity contribution in [2.45, 2.75) is 249 Å². The summed E-state index contributed by atoms with van der Waals surface area (Å²) >= 11 is 0. The molecule has 384 valence electrons. The zero-order valence-corrected chi connectivity index (χ0v) is 40.6. The monoisotopic (exact) mass is 949 g/mol. The molecule has 7 aliphatic rings. The lowest BCUT2D eigenvalue weighted by atomic mass is 9.35. The fourth-order valence-corrected chi connectivity index (χ4v) is 14.8. The van der Waals surface area contributed by atoms with Crippen molar-refractivity contribution in [2.24, 2.45) is 45.3 Å². The molecular formula is C48H84O18. The molecule has 66 heavy (non-hydrogen) atoms. The number of aliphatic hydroxyl groups excluding tert-OH is 10. The third-order valence-electron chi connectivity index (χ3n) is 19.2. The predicted octanol–water partition coefficient (Wildman–Crippen LogP) is 0.194. The molecule has 12 N–H and O–H groups in total. The van der Waals surface area contributed by atoms with Crippen molar-refractivity contribution in [3.8, 4) is 0 Å². The van der Waals surface area contributed by atoms with Gasteiger partial charge in [-0.05, 0) is 138 Å². The second kappa shape index (κ2) is 18.7. The van der Waals surface area contributed by atoms with Gasteiger partial charge in [0, 0.05) is 0 Å². The maximum absolute atomic E-state index is 12.3. The SMILES string of the molecule is CC1OC(OC2C(OC3CCC4(C)C(CCC5(C)C4CC(O)C4C(C(C)(O)CCC(O)C(C)(C)O)CCC45C)C3(C)C)OC(CO)C(O)C2OC2OC(C)C(O)C(O)C2O)C(O)C(O)C1O. The largest absolute Gasteiger partial charge is 0.394 e. The molecule has 7 fully saturated rings. The van der Waals surface area contributed by atoms with E-state index in [4.69, 9.17) is 28.4 Å². The Morgan fingerprint density at radius 2 is 1.17 bits per heavy atom. The minimum atomic E-state index is -1.78. The van der Waals surface area contributed by atoms with Crippen LogP contribution < -0.4 is 0 Å². The van der Waals surface area contributed by atoms with E-state index in [0.717, 1.165) is 25.7 Å². The molecule has 0 aromatic carbocycles. The Labute approximate surface area is 389 Å². The highest BCUT2D eigenvalue weighted by Crippen LogP contribution is 2.76. The van der Waals surface area contributed by atoms with Crippen LogP contribution in [0.15, 0.2) is 0 Å². The molecule has 26 unspecified atom stereocenters. The molecule has 0 amide bonds. The molecule has 3 heterocycles. The highest BCUT2D eigenvalue weighted by Gasteiger charge is 2.72. The van der Waals surface area contributed by atoms with E-state index >= 15 is 0 Å². The van der Waals surface area contributed by atoms with Gasteiger partial charge in [0.05, 0.1) is 48.3 Å². The molecule has 18 nitrogen and oxygen atoms in total. The summed E-state index contributed by atoms with van der Waals surface area (Å²) in [5.41, 5.74) is -3.76. The van der Waals surface area contributed by atoms with E-state index < -0.39 is 134 Å². The molecule has 3 aliphatic heterocycles. The van der Waals surface area contributed by atoms with Gasteiger partial charge in [-0.25, -0.2) is 0 Å². The lowest BCUT2D eigenvalue weighted by Gasteiger charge is -2.70. The van der Waals surface area contributed by atoms with E-state index in [1.165, 1.54) is 13.8 Å². The molecule has 0 bridgehead atoms. The van der Waals surface area contributed by atoms with Crippen molar-refractivity contribution in [3.05, 3.63) is 0 Å². The Bertz CT molecular complexity index is 1660. The van der Waals surface area contributed by atoms with Crippen LogP contribution in [0.5, 0.6) is 0 Å². The Morgan fingerprint density at radius 1 is 0.621 bits per heavy atom. The molecule has 4 saturated carbocycles. The van der Waals surface area contributed by atoms with Crippen LogP contribution in [0.2, 0.25) is 0 Å². The molecule has 0 aromatic heterocycles. The Kier molecular flexibility index (Phi) is 15.1. The summed E-state index contributed by atoms with van der Waals surface area (Å²) < 4.78 is 37.4. The van der Waals surface area contributed by atoms with Crippen molar-refractivity contribution >= 4 is 0 Å². The number of hydrogen-bond acceptors (Lipinski definition) is 18. The van der Waals surface area contributed by atoms with Gasteiger partial charge >= 0.3 is 0 Å². The summed E-state index contributed by atoms with van der Waals surface area (Å²) in [6.45, 7) is 18.5. The number of aliphatic hydroxyl groups is 12. The van der Waals surface area contributed by atoms with Crippen LogP contribution in [0.25, 0.3) is 0 Å². The summed E-state index contributed by atoms with van der Waals surface area (Å²) in [7, 11) is 0. The molecule has 26 atom stereocenters. The van der Waals surface area contributed by atoms with E-state index in [1.54, 1.807) is 13.8 Å². The van der Waals surface area contributed by atoms with E-state index in [1.807, 2.05) is 6.92 Å². The second-order valence-corrected chi connectivity index (χ2v) is 23.8. The van der Waals surface area contributed by atoms with Gasteiger partial charge in [0.1, 0.15) is 61.0 Å². The van der Waals surface area contributed by atoms with Crippen LogP contribution in [-0.4, -0.2) is 190 Å². The Balaban J connectivity index is 1.15. The first-order valence-corrected chi connectivity index (χ1v) is 24.6. The van der Waals surface area contributed by atoms with Crippen molar-refractivity contribution < 1.29 is 89.7 Å². The lowest BCUT2D eigenvalue weighted by molar-refractivity contribution is -0.397. The molecular weight excluding hydrogens is 865 g/mol. The molecule has 4 aliphatic carbocycles. The van der Waals surface area contributed by atoms with E-state index in [0.29, 0.717) is 25.7 Å². The van der Waals surface area contributed by atoms with Gasteiger partial charge in [0.2, 0.25) is 0 Å². The fourth-order valence-electron chi connectivity index (χ4n) is 14.8. The third kappa shape index (κ3) is 8.88. The van der Waals surface area contributed by atoms with Gasteiger partial charge in [0.25, 0.3) is 0 Å². The molecule has 18 heteroatoms. The van der Waals surface area contributed by atoms with Gasteiger partial charge < -0.3 is 89.7 Å². The smallest absolute Gasteiger partial charge is 0.187 e. The highest BCUT2D eigenvalue weighted by atomic mass is 16.8. The predicted molar refractivity (Wildman–Crippen MR) is 234 cm³/mol. The van der Waals surface area contributed by atoms with Crippen molar-refractivity contribution in [3.63, 3.8) is 0 Å². The highest BCUT2D eigenvalue weighted by molar-refractivity contribution is 5.20. The third-order valence-corrected chi connectivity index (χ3v) is 19.2. The Hall–Kier alpha value is -0.720. The normalized spacial score (nSPS) is 53.3. The summed E-state index contributed by atoms with van der Waals surface area (Å²) in [5.74, 6) is -0.170. The van der Waals surface area contributed by atoms with Crippen LogP contribution >= 0.6 is 0 Å². The standard InChI is InChI=1S/C48H84O18/c1-21-31(52)34(55)36(57)40(61-21)65-38-33(54)25(20-49)63-42(39(38)66-41-37(58)35(56)32(53)22(2)62-41)64-29-14-15-45(7)26(43(29,3)4)12-17-46(8)27(45)19-24(50)30-23(11-16-47(30,46)9)48(10,60)18-13-28(51)44(5,6)59/h21-42,49-60H,11-20H2,1-10H3. The van der Waals surface area contributed by atoms with Crippen LogP contribution in [0.3, 0.4) is 0 Å². The number of fused-ring (bicyclic) bond motifs is 5. The molecule has 0 radical (unpaired) electrons. The molecule has 7 rings (SSSR count). The first-order chi connectivity index (χ1) is 30.5. The number of hydrogen-bond donors (Lipinski definition) is 12. The molecule has 0 spiro atoms. The Morgan fingerprint density at radius 3 is 1.71 bits per heavy atom. The number of ether oxygens (including phenoxy) is 6. The van der Waals surface area contributed by atoms with Gasteiger partial charge in [-0.3, -0.25) is 0 Å². The minimum Gasteiger partial charge on any atom is -0.394 e. The van der Waals surface area contributed by atoms with Gasteiger partial charge in [-0.1, -0.05) is 34.6 Å². The first kappa shape index (κ1) is 53.1. The van der Waals surface area contributed by atoms with Gasteiger partial charge in [-0.2, -0.15) is 0 Å². The van der Waals surface area contributed by atoms with Crippen LogP contribution in [0.4, 0.5) is 0 Å². The van der Waals surface area contributed by atoms with Gasteiger partial charge in [-0.15, -0.1) is 0 Å². The van der Waals surface area contributed by atoms with Crippen molar-refractivity contribution in [1.82, 2.24) is 0 Å². The summed E-state index contributed by atoms with van der Waals surface area (Å²) in [6, 6.07) is 0. The lowest BCUT2D eigenvalue weighted by Crippen LogP contribution is -2.68. The van der Waals surface area contributed by atoms with Crippen LogP contribution in [0.1, 0.15) is 127 Å². The maximum Gasteiger partial charge on any atom is 0.187 e. The van der Waals surface area contributed by atoms with Crippen LogP contribution in [0, 0.1) is 45.3 Å². The quantitative estimate of drug-likeness (QED) is 0.116. The molecule has 0 aromatic rings. The summed E-state index contributed by atoms with van der Waals surface area (Å²) in [5, 5.41) is 132. The average Bonchev–Trinajstić information content (AvgIpc) is 3.63. The fraction of sp³-hybridized carbons (Fsp3) is 1.00. The minimum absolute atomic E-state index is 0.0771. The molecule has 3 saturated heterocycles. The van der Waals surface area contributed by atoms with Crippen molar-refractivity contribution in [1.29, 1.82) is 0 Å². The average molecular weight is 949 g/mol. The van der Waals surface area contributed by atoms with E-state index in [2.05, 4.69) is 34.6 Å². The van der Waals surface area contributed by atoms with Gasteiger partial charge in [0.15, 0.2) is 18.9 Å². The zero-order chi connectivity index (χ0) is 49.0. The zero-order valence-electron chi connectivity index (χ0n) is 40.6. The van der Waals surface area contributed by atoms with Crippen molar-refractivity contribution in [2.75, 3.05) is 6.61 Å². The van der Waals surface area contributed by atoms with E-state index in [9.17, 15) is 61.3 Å². The number of rotatable bonds is 12. The maximum atomic E-state index is 12.3. The van der Waals surface area contributed by atoms with E-state index in [-0.39, 0.29) is 46.3 Å².